The Morgan fingerprint density at radius 3 is 2.39 bits per heavy atom. The lowest BCUT2D eigenvalue weighted by Crippen LogP contribution is -2.22. The van der Waals surface area contributed by atoms with Crippen LogP contribution in [0.2, 0.25) is 0 Å². The minimum Gasteiger partial charge on any atom is -0.512 e. The Morgan fingerprint density at radius 2 is 1.94 bits per heavy atom. The first-order chi connectivity index (χ1) is 8.28. The van der Waals surface area contributed by atoms with Gasteiger partial charge in [0.25, 0.3) is 0 Å². The van der Waals surface area contributed by atoms with Gasteiger partial charge in [0.15, 0.2) is 0 Å². The molecule has 1 unspecified atom stereocenters. The van der Waals surface area contributed by atoms with E-state index in [1.165, 1.54) is 24.3 Å². The van der Waals surface area contributed by atoms with Crippen molar-refractivity contribution < 1.29 is 23.1 Å². The Morgan fingerprint density at radius 1 is 1.39 bits per heavy atom. The predicted molar refractivity (Wildman–Crippen MR) is 70.0 cm³/mol. The Hall–Kier alpha value is -0.955. The Labute approximate surface area is 111 Å². The van der Waals surface area contributed by atoms with Gasteiger partial charge in [-0.2, -0.15) is 0 Å². The van der Waals surface area contributed by atoms with Gasteiger partial charge in [-0.15, -0.1) is 11.6 Å². The molecule has 18 heavy (non-hydrogen) atoms. The van der Waals surface area contributed by atoms with Gasteiger partial charge in [0, 0.05) is 11.1 Å². The van der Waals surface area contributed by atoms with E-state index in [9.17, 15) is 8.42 Å². The number of hydrogen-bond acceptors (Lipinski definition) is 5. The molecule has 0 aliphatic heterocycles. The smallest absolute Gasteiger partial charge is 0.512 e. The van der Waals surface area contributed by atoms with E-state index in [4.69, 9.17) is 21.6 Å². The van der Waals surface area contributed by atoms with Crippen LogP contribution in [0.25, 0.3) is 0 Å². The number of rotatable bonds is 6. The van der Waals surface area contributed by atoms with Crippen molar-refractivity contribution >= 4 is 34.6 Å². The zero-order chi connectivity index (χ0) is 13.8. The summed E-state index contributed by atoms with van der Waals surface area (Å²) < 4.78 is 30.0. The molecule has 9 heteroatoms. The van der Waals surface area contributed by atoms with Crippen LogP contribution in [0.15, 0.2) is 24.3 Å². The lowest BCUT2D eigenvalue weighted by atomic mass is 10.2. The van der Waals surface area contributed by atoms with Gasteiger partial charge in [0.2, 0.25) is 10.0 Å². The first-order valence-electron chi connectivity index (χ1n) is 5.06. The number of hydrogen-bond donors (Lipinski definition) is 3. The van der Waals surface area contributed by atoms with Crippen molar-refractivity contribution in [3.05, 3.63) is 24.3 Å². The zero-order valence-electron chi connectivity index (χ0n) is 9.58. The first kappa shape index (κ1) is 15.1. The number of benzene rings is 1. The first-order valence-corrected chi connectivity index (χ1v) is 7.15. The molecule has 0 aliphatic carbocycles. The summed E-state index contributed by atoms with van der Waals surface area (Å²) in [5.41, 5.74) is 0.340. The van der Waals surface area contributed by atoms with Gasteiger partial charge in [-0.25, -0.2) is 8.42 Å². The van der Waals surface area contributed by atoms with Crippen LogP contribution in [0.1, 0.15) is 6.92 Å². The third-order valence-electron chi connectivity index (χ3n) is 1.82. The highest BCUT2D eigenvalue weighted by Gasteiger charge is 2.14. The van der Waals surface area contributed by atoms with Gasteiger partial charge < -0.3 is 14.7 Å². The van der Waals surface area contributed by atoms with Gasteiger partial charge in [0.1, 0.15) is 5.75 Å². The molecule has 0 heterocycles. The van der Waals surface area contributed by atoms with Crippen LogP contribution in [-0.4, -0.2) is 36.9 Å². The van der Waals surface area contributed by atoms with E-state index in [0.717, 1.165) is 0 Å². The molecule has 100 valence electrons. The van der Waals surface area contributed by atoms with Gasteiger partial charge in [0.05, 0.1) is 5.75 Å². The second-order valence-corrected chi connectivity index (χ2v) is 6.14. The normalized spacial score (nSPS) is 12.9. The number of sulfonamides is 1. The lowest BCUT2D eigenvalue weighted by Gasteiger charge is -2.10. The van der Waals surface area contributed by atoms with E-state index in [0.29, 0.717) is 5.69 Å². The summed E-state index contributed by atoms with van der Waals surface area (Å²) in [6, 6.07) is 5.69. The van der Waals surface area contributed by atoms with Gasteiger partial charge in [-0.3, -0.25) is 4.72 Å². The Balaban J connectivity index is 2.69. The number of alkyl halides is 1. The second kappa shape index (κ2) is 6.28. The largest absolute Gasteiger partial charge is 0.707 e. The molecule has 0 radical (unpaired) electrons. The van der Waals surface area contributed by atoms with Crippen LogP contribution in [0, 0.1) is 0 Å². The molecule has 0 aromatic heterocycles. The quantitative estimate of drug-likeness (QED) is 0.521. The van der Waals surface area contributed by atoms with Crippen molar-refractivity contribution in [2.45, 2.75) is 12.3 Å². The maximum Gasteiger partial charge on any atom is 0.707 e. The second-order valence-electron chi connectivity index (χ2n) is 3.63. The van der Waals surface area contributed by atoms with Crippen LogP contribution >= 0.6 is 11.6 Å². The van der Waals surface area contributed by atoms with Crippen LogP contribution in [0.3, 0.4) is 0 Å². The van der Waals surface area contributed by atoms with Gasteiger partial charge in [-0.05, 0) is 31.2 Å². The van der Waals surface area contributed by atoms with E-state index in [2.05, 4.69) is 9.38 Å². The minimum atomic E-state index is -3.49. The molecule has 0 spiro atoms. The number of halogens is 1. The molecule has 3 N–H and O–H groups in total. The van der Waals surface area contributed by atoms with Crippen molar-refractivity contribution in [1.29, 1.82) is 0 Å². The monoisotopic (exact) mass is 293 g/mol. The van der Waals surface area contributed by atoms with E-state index in [1.807, 2.05) is 0 Å². The molecule has 0 fully saturated rings. The van der Waals surface area contributed by atoms with E-state index >= 15 is 0 Å². The van der Waals surface area contributed by atoms with Crippen molar-refractivity contribution in [2.75, 3.05) is 10.5 Å². The highest BCUT2D eigenvalue weighted by Crippen LogP contribution is 2.17. The molecular formula is C9H13BClNO5S. The molecule has 6 nitrogen and oxygen atoms in total. The molecule has 0 saturated heterocycles. The topological polar surface area (TPSA) is 95.9 Å². The average Bonchev–Trinajstić information content (AvgIpc) is 2.17. The molecule has 0 saturated carbocycles. The summed E-state index contributed by atoms with van der Waals surface area (Å²) in [7, 11) is -5.40. The van der Waals surface area contributed by atoms with Gasteiger partial charge in [-0.1, -0.05) is 0 Å². The minimum absolute atomic E-state index is 0.192. The summed E-state index contributed by atoms with van der Waals surface area (Å²) in [6.45, 7) is 1.58. The summed E-state index contributed by atoms with van der Waals surface area (Å²) in [5, 5.41) is 16.6. The summed E-state index contributed by atoms with van der Waals surface area (Å²) >= 11 is 5.62. The van der Waals surface area contributed by atoms with Crippen molar-refractivity contribution in [3.63, 3.8) is 0 Å². The van der Waals surface area contributed by atoms with Crippen LogP contribution in [-0.2, 0) is 10.0 Å². The van der Waals surface area contributed by atoms with Crippen molar-refractivity contribution in [1.82, 2.24) is 0 Å². The van der Waals surface area contributed by atoms with E-state index in [1.54, 1.807) is 6.92 Å². The van der Waals surface area contributed by atoms with Crippen molar-refractivity contribution in [2.24, 2.45) is 0 Å². The highest BCUT2D eigenvalue weighted by atomic mass is 35.5. The highest BCUT2D eigenvalue weighted by molar-refractivity contribution is 7.92. The summed E-state index contributed by atoms with van der Waals surface area (Å²) in [4.78, 5) is 0. The molecule has 1 aromatic carbocycles. The molecule has 0 amide bonds. The maximum absolute atomic E-state index is 11.6. The number of nitrogens with one attached hydrogen (secondary N) is 1. The molecule has 1 rings (SSSR count). The van der Waals surface area contributed by atoms with Crippen LogP contribution in [0.4, 0.5) is 5.69 Å². The fourth-order valence-electron chi connectivity index (χ4n) is 1.25. The third-order valence-corrected chi connectivity index (χ3v) is 3.64. The predicted octanol–water partition coefficient (Wildman–Crippen LogP) is 0.404. The molecular weight excluding hydrogens is 280 g/mol. The molecule has 1 atom stereocenters. The van der Waals surface area contributed by atoms with Gasteiger partial charge >= 0.3 is 7.32 Å². The van der Waals surface area contributed by atoms with Crippen LogP contribution in [0.5, 0.6) is 5.75 Å². The Kier molecular flexibility index (Phi) is 5.27. The molecule has 1 aromatic rings. The zero-order valence-corrected chi connectivity index (χ0v) is 11.1. The van der Waals surface area contributed by atoms with E-state index in [-0.39, 0.29) is 11.5 Å². The maximum atomic E-state index is 11.6. The average molecular weight is 294 g/mol. The standard InChI is InChI=1S/C9H13BClNO5S/c1-7(11)6-18(15,16)12-8-2-4-9(5-3-8)17-10(13)14/h2-5,7,12-14H,6H2,1H3. The van der Waals surface area contributed by atoms with E-state index < -0.39 is 22.7 Å². The number of anilines is 1. The molecule has 0 aliphatic rings. The Bertz CT molecular complexity index is 476. The SMILES string of the molecule is CC(Cl)CS(=O)(=O)Nc1ccc(OB(O)O)cc1. The molecule has 0 bridgehead atoms. The lowest BCUT2D eigenvalue weighted by molar-refractivity contribution is 0.288. The fourth-order valence-corrected chi connectivity index (χ4v) is 2.93. The van der Waals surface area contributed by atoms with Crippen molar-refractivity contribution in [3.8, 4) is 5.75 Å². The summed E-state index contributed by atoms with van der Waals surface area (Å²) in [6.07, 6.45) is 0. The fraction of sp³-hybridized carbons (Fsp3) is 0.333. The third kappa shape index (κ3) is 5.59. The van der Waals surface area contributed by atoms with Crippen LogP contribution < -0.4 is 9.38 Å². The summed E-state index contributed by atoms with van der Waals surface area (Å²) in [5.74, 6) is 0.0148.